The number of likely N-dealkylation sites (N-methyl/N-ethyl adjacent to an activating group) is 2. The van der Waals surface area contributed by atoms with Crippen LogP contribution in [0.1, 0.15) is 23.7 Å². The van der Waals surface area contributed by atoms with E-state index in [0.29, 0.717) is 18.0 Å². The number of halogens is 1. The van der Waals surface area contributed by atoms with Crippen LogP contribution in [0.4, 0.5) is 4.39 Å². The third-order valence-corrected chi connectivity index (χ3v) is 4.08. The Labute approximate surface area is 114 Å². The first-order valence-electron chi connectivity index (χ1n) is 6.80. The quantitative estimate of drug-likeness (QED) is 0.904. The van der Waals surface area contributed by atoms with Crippen LogP contribution in [0.5, 0.6) is 0 Å². The Morgan fingerprint density at radius 1 is 1.37 bits per heavy atom. The van der Waals surface area contributed by atoms with Crippen molar-refractivity contribution in [2.75, 3.05) is 33.7 Å². The number of rotatable bonds is 3. The van der Waals surface area contributed by atoms with Gasteiger partial charge >= 0.3 is 0 Å². The van der Waals surface area contributed by atoms with Gasteiger partial charge in [-0.15, -0.1) is 0 Å². The van der Waals surface area contributed by atoms with Gasteiger partial charge in [0, 0.05) is 25.7 Å². The van der Waals surface area contributed by atoms with Crippen molar-refractivity contribution in [1.29, 1.82) is 0 Å². The van der Waals surface area contributed by atoms with Crippen molar-refractivity contribution in [2.45, 2.75) is 25.5 Å². The van der Waals surface area contributed by atoms with Crippen LogP contribution in [0.25, 0.3) is 0 Å². The van der Waals surface area contributed by atoms with Crippen LogP contribution in [0.2, 0.25) is 0 Å². The number of aliphatic hydroxyl groups excluding tert-OH is 1. The maximum absolute atomic E-state index is 13.3. The van der Waals surface area contributed by atoms with Gasteiger partial charge in [-0.3, -0.25) is 0 Å². The standard InChI is InChI=1S/C15H23FN2O/c1-11-4-5-12(16)8-14(11)15(19)9-13-10-17(2)6-7-18(13)3/h4-5,8,13,15,19H,6-7,9-10H2,1-3H3. The predicted octanol–water partition coefficient (Wildman–Crippen LogP) is 1.80. The van der Waals surface area contributed by atoms with Gasteiger partial charge < -0.3 is 14.9 Å². The second-order valence-corrected chi connectivity index (χ2v) is 5.65. The average Bonchev–Trinajstić information content (AvgIpc) is 2.36. The van der Waals surface area contributed by atoms with Gasteiger partial charge in [0.05, 0.1) is 6.10 Å². The molecule has 0 radical (unpaired) electrons. The molecule has 2 rings (SSSR count). The number of aliphatic hydroxyl groups is 1. The molecule has 1 aromatic rings. The molecule has 1 N–H and O–H groups in total. The predicted molar refractivity (Wildman–Crippen MR) is 74.6 cm³/mol. The Balaban J connectivity index is 2.07. The van der Waals surface area contributed by atoms with Crippen molar-refractivity contribution in [1.82, 2.24) is 9.80 Å². The second-order valence-electron chi connectivity index (χ2n) is 5.65. The molecule has 0 spiro atoms. The van der Waals surface area contributed by atoms with Crippen molar-refractivity contribution >= 4 is 0 Å². The lowest BCUT2D eigenvalue weighted by Crippen LogP contribution is -2.50. The summed E-state index contributed by atoms with van der Waals surface area (Å²) in [6.07, 6.45) is 0.0418. The minimum Gasteiger partial charge on any atom is -0.388 e. The first kappa shape index (κ1) is 14.4. The zero-order chi connectivity index (χ0) is 14.0. The minimum atomic E-state index is -0.602. The molecular formula is C15H23FN2O. The molecule has 1 aromatic carbocycles. The van der Waals surface area contributed by atoms with Gasteiger partial charge in [-0.05, 0) is 50.7 Å². The monoisotopic (exact) mass is 266 g/mol. The van der Waals surface area contributed by atoms with E-state index < -0.39 is 6.10 Å². The summed E-state index contributed by atoms with van der Waals surface area (Å²) in [6.45, 7) is 4.93. The van der Waals surface area contributed by atoms with Gasteiger partial charge in [-0.1, -0.05) is 6.07 Å². The molecule has 1 aliphatic heterocycles. The van der Waals surface area contributed by atoms with Gasteiger partial charge in [0.1, 0.15) is 5.82 Å². The van der Waals surface area contributed by atoms with E-state index in [1.807, 2.05) is 6.92 Å². The fourth-order valence-corrected chi connectivity index (χ4v) is 2.71. The number of hydrogen-bond donors (Lipinski definition) is 1. The smallest absolute Gasteiger partial charge is 0.123 e. The fraction of sp³-hybridized carbons (Fsp3) is 0.600. The molecule has 0 aromatic heterocycles. The number of aryl methyl sites for hydroxylation is 1. The van der Waals surface area contributed by atoms with Crippen LogP contribution in [-0.4, -0.2) is 54.7 Å². The van der Waals surface area contributed by atoms with E-state index in [4.69, 9.17) is 0 Å². The van der Waals surface area contributed by atoms with Crippen molar-refractivity contribution in [3.05, 3.63) is 35.1 Å². The lowest BCUT2D eigenvalue weighted by atomic mass is 9.96. The highest BCUT2D eigenvalue weighted by molar-refractivity contribution is 5.28. The Morgan fingerprint density at radius 3 is 2.84 bits per heavy atom. The Morgan fingerprint density at radius 2 is 2.11 bits per heavy atom. The third kappa shape index (κ3) is 3.53. The molecule has 2 unspecified atom stereocenters. The SMILES string of the molecule is Cc1ccc(F)cc1C(O)CC1CN(C)CCN1C. The van der Waals surface area contributed by atoms with E-state index in [-0.39, 0.29) is 5.82 Å². The zero-order valence-electron chi connectivity index (χ0n) is 11.9. The van der Waals surface area contributed by atoms with E-state index in [0.717, 1.165) is 25.2 Å². The van der Waals surface area contributed by atoms with E-state index in [1.165, 1.54) is 12.1 Å². The first-order valence-corrected chi connectivity index (χ1v) is 6.80. The molecule has 3 nitrogen and oxygen atoms in total. The van der Waals surface area contributed by atoms with Crippen LogP contribution in [0.15, 0.2) is 18.2 Å². The molecule has 1 heterocycles. The third-order valence-electron chi connectivity index (χ3n) is 4.08. The Kier molecular flexibility index (Phi) is 4.55. The average molecular weight is 266 g/mol. The minimum absolute atomic E-state index is 0.284. The summed E-state index contributed by atoms with van der Waals surface area (Å²) >= 11 is 0. The molecule has 0 bridgehead atoms. The van der Waals surface area contributed by atoms with Crippen molar-refractivity contribution < 1.29 is 9.50 Å². The van der Waals surface area contributed by atoms with E-state index in [2.05, 4.69) is 23.9 Å². The molecule has 19 heavy (non-hydrogen) atoms. The van der Waals surface area contributed by atoms with Crippen LogP contribution < -0.4 is 0 Å². The normalized spacial score (nSPS) is 23.5. The van der Waals surface area contributed by atoms with Gasteiger partial charge in [0.25, 0.3) is 0 Å². The molecule has 106 valence electrons. The topological polar surface area (TPSA) is 26.7 Å². The number of nitrogens with zero attached hydrogens (tertiary/aromatic N) is 2. The fourth-order valence-electron chi connectivity index (χ4n) is 2.71. The number of benzene rings is 1. The highest BCUT2D eigenvalue weighted by Gasteiger charge is 2.25. The van der Waals surface area contributed by atoms with Gasteiger partial charge in [0.2, 0.25) is 0 Å². The van der Waals surface area contributed by atoms with E-state index >= 15 is 0 Å². The molecule has 0 saturated carbocycles. The van der Waals surface area contributed by atoms with Crippen LogP contribution in [0.3, 0.4) is 0 Å². The second kappa shape index (κ2) is 5.99. The highest BCUT2D eigenvalue weighted by atomic mass is 19.1. The van der Waals surface area contributed by atoms with Gasteiger partial charge in [-0.2, -0.15) is 0 Å². The summed E-state index contributed by atoms with van der Waals surface area (Å²) in [6, 6.07) is 4.93. The molecule has 0 amide bonds. The van der Waals surface area contributed by atoms with Crippen LogP contribution in [-0.2, 0) is 0 Å². The summed E-state index contributed by atoms with van der Waals surface area (Å²) < 4.78 is 13.3. The van der Waals surface area contributed by atoms with Crippen molar-refractivity contribution in [2.24, 2.45) is 0 Å². The van der Waals surface area contributed by atoms with Gasteiger partial charge in [0.15, 0.2) is 0 Å². The van der Waals surface area contributed by atoms with Crippen LogP contribution in [0, 0.1) is 12.7 Å². The van der Waals surface area contributed by atoms with Crippen molar-refractivity contribution in [3.63, 3.8) is 0 Å². The molecule has 1 aliphatic rings. The summed E-state index contributed by atoms with van der Waals surface area (Å²) in [5.41, 5.74) is 1.65. The number of piperazine rings is 1. The van der Waals surface area contributed by atoms with Gasteiger partial charge in [-0.25, -0.2) is 4.39 Å². The Bertz CT molecular complexity index is 438. The summed E-state index contributed by atoms with van der Waals surface area (Å²) in [7, 11) is 4.18. The van der Waals surface area contributed by atoms with E-state index in [9.17, 15) is 9.50 Å². The number of hydrogen-bond acceptors (Lipinski definition) is 3. The van der Waals surface area contributed by atoms with Crippen LogP contribution >= 0.6 is 0 Å². The maximum Gasteiger partial charge on any atom is 0.123 e. The largest absolute Gasteiger partial charge is 0.388 e. The maximum atomic E-state index is 13.3. The van der Waals surface area contributed by atoms with E-state index in [1.54, 1.807) is 6.07 Å². The molecule has 2 atom stereocenters. The summed E-state index contributed by atoms with van der Waals surface area (Å²) in [5.74, 6) is -0.284. The Hall–Kier alpha value is -0.970. The summed E-state index contributed by atoms with van der Waals surface area (Å²) in [5, 5.41) is 10.4. The molecule has 1 fully saturated rings. The molecule has 1 saturated heterocycles. The first-order chi connectivity index (χ1) is 8.97. The summed E-state index contributed by atoms with van der Waals surface area (Å²) in [4.78, 5) is 4.55. The molecule has 4 heteroatoms. The molecule has 0 aliphatic carbocycles. The molecular weight excluding hydrogens is 243 g/mol. The highest BCUT2D eigenvalue weighted by Crippen LogP contribution is 2.25. The lowest BCUT2D eigenvalue weighted by molar-refractivity contribution is 0.0631. The zero-order valence-corrected chi connectivity index (χ0v) is 11.9. The lowest BCUT2D eigenvalue weighted by Gasteiger charge is -2.38. The van der Waals surface area contributed by atoms with Crippen molar-refractivity contribution in [3.8, 4) is 0 Å².